The summed E-state index contributed by atoms with van der Waals surface area (Å²) in [6.07, 6.45) is 6.17. The highest BCUT2D eigenvalue weighted by Gasteiger charge is 2.46. The van der Waals surface area contributed by atoms with Gasteiger partial charge in [0.2, 0.25) is 0 Å². The second-order valence-electron chi connectivity index (χ2n) is 14.7. The van der Waals surface area contributed by atoms with E-state index in [0.717, 1.165) is 102 Å². The van der Waals surface area contributed by atoms with Crippen molar-refractivity contribution in [1.82, 2.24) is 4.90 Å². The lowest BCUT2D eigenvalue weighted by molar-refractivity contribution is -0.137. The Balaban J connectivity index is 1.21. The van der Waals surface area contributed by atoms with Crippen LogP contribution in [0.15, 0.2) is 96.2 Å². The van der Waals surface area contributed by atoms with Gasteiger partial charge in [0, 0.05) is 59.5 Å². The zero-order chi connectivity index (χ0) is 35.0. The maximum atomic E-state index is 14.0. The number of rotatable bonds is 4. The highest BCUT2D eigenvalue weighted by atomic mass is 19.4. The molecule has 5 aliphatic rings. The maximum Gasteiger partial charge on any atom is 0.416 e. The van der Waals surface area contributed by atoms with Gasteiger partial charge in [-0.2, -0.15) is 13.2 Å². The van der Waals surface area contributed by atoms with Gasteiger partial charge in [0.05, 0.1) is 32.0 Å². The van der Waals surface area contributed by atoms with Gasteiger partial charge in [-0.15, -0.1) is 0 Å². The number of halogens is 3. The van der Waals surface area contributed by atoms with Gasteiger partial charge in [0.25, 0.3) is 0 Å². The summed E-state index contributed by atoms with van der Waals surface area (Å²) in [5.74, 6) is 0.768. The van der Waals surface area contributed by atoms with Crippen molar-refractivity contribution in [3.05, 3.63) is 124 Å². The number of allylic oxidation sites excluding steroid dienone is 3. The summed E-state index contributed by atoms with van der Waals surface area (Å²) in [5.41, 5.74) is 6.96. The molecule has 0 aromatic heterocycles. The average molecular weight is 691 g/mol. The highest BCUT2D eigenvalue weighted by Crippen LogP contribution is 2.59. The fourth-order valence-corrected chi connectivity index (χ4v) is 8.92. The topological polar surface area (TPSA) is 34.2 Å². The van der Waals surface area contributed by atoms with Crippen molar-refractivity contribution in [2.75, 3.05) is 57.5 Å². The Morgan fingerprint density at radius 1 is 0.745 bits per heavy atom. The fourth-order valence-electron chi connectivity index (χ4n) is 8.92. The number of fused-ring (bicyclic) bond motifs is 8. The van der Waals surface area contributed by atoms with Crippen molar-refractivity contribution in [2.45, 2.75) is 43.9 Å². The molecule has 2 aliphatic carbocycles. The SMILES string of the molecule is CC1(C)c2cc(C(F)(F)F)ccc2-c2c1c1c(c3ccccc23)OC(C2=CC=C(N3CCOCC3)CC2)(c2ccc(N3CCOCC3)cc2)C=C1. The lowest BCUT2D eigenvalue weighted by Gasteiger charge is -2.41. The number of alkyl halides is 3. The summed E-state index contributed by atoms with van der Waals surface area (Å²) >= 11 is 0. The molecule has 3 aliphatic heterocycles. The van der Waals surface area contributed by atoms with E-state index < -0.39 is 22.8 Å². The second kappa shape index (κ2) is 12.0. The van der Waals surface area contributed by atoms with Gasteiger partial charge in [0.15, 0.2) is 5.60 Å². The minimum absolute atomic E-state index is 0.625. The number of benzene rings is 4. The van der Waals surface area contributed by atoms with E-state index in [0.29, 0.717) is 18.8 Å². The van der Waals surface area contributed by atoms with Gasteiger partial charge in [-0.1, -0.05) is 68.5 Å². The summed E-state index contributed by atoms with van der Waals surface area (Å²) in [5, 5.41) is 1.94. The standard InChI is InChI=1S/C43H41F3N2O3/c1-41(2)37-27-30(43(44,45)46)11-16-35(37)38-33-5-3-4-6-34(33)40-36(39(38)41)17-18-42(51-40,28-7-12-31(13-8-28)47-19-23-49-24-20-47)29-9-14-32(15-10-29)48-21-25-50-26-22-48/h3-9,11-14,16-18,27H,10,15,19-26H2,1-2H3. The predicted octanol–water partition coefficient (Wildman–Crippen LogP) is 9.24. The van der Waals surface area contributed by atoms with Gasteiger partial charge < -0.3 is 24.0 Å². The maximum absolute atomic E-state index is 14.0. The fraction of sp³-hybridized carbons (Fsp3) is 0.349. The molecule has 262 valence electrons. The Hall–Kier alpha value is -4.53. The van der Waals surface area contributed by atoms with Gasteiger partial charge in [-0.25, -0.2) is 0 Å². The number of hydrogen-bond donors (Lipinski definition) is 0. The Bertz CT molecular complexity index is 2120. The molecule has 0 spiro atoms. The lowest BCUT2D eigenvalue weighted by Crippen LogP contribution is -2.39. The first kappa shape index (κ1) is 32.4. The third-order valence-electron chi connectivity index (χ3n) is 11.6. The minimum Gasteiger partial charge on any atom is -0.473 e. The first-order valence-electron chi connectivity index (χ1n) is 18.0. The summed E-state index contributed by atoms with van der Waals surface area (Å²) in [7, 11) is 0. The summed E-state index contributed by atoms with van der Waals surface area (Å²) in [6, 6.07) is 21.1. The number of ether oxygens (including phenoxy) is 3. The number of anilines is 1. The third kappa shape index (κ3) is 5.21. The van der Waals surface area contributed by atoms with E-state index in [1.165, 1.54) is 23.4 Å². The van der Waals surface area contributed by atoms with Crippen LogP contribution >= 0.6 is 0 Å². The average Bonchev–Trinajstić information content (AvgIpc) is 3.41. The first-order valence-corrected chi connectivity index (χ1v) is 18.0. The molecule has 2 fully saturated rings. The number of nitrogens with zero attached hydrogens (tertiary/aromatic N) is 2. The Labute approximate surface area is 296 Å². The van der Waals surface area contributed by atoms with Crippen molar-refractivity contribution in [3.63, 3.8) is 0 Å². The Morgan fingerprint density at radius 2 is 1.43 bits per heavy atom. The highest BCUT2D eigenvalue weighted by molar-refractivity contribution is 6.08. The van der Waals surface area contributed by atoms with E-state index in [4.69, 9.17) is 14.2 Å². The lowest BCUT2D eigenvalue weighted by atomic mass is 9.75. The minimum atomic E-state index is -4.43. The molecular formula is C43H41F3N2O3. The molecule has 2 saturated heterocycles. The van der Waals surface area contributed by atoms with E-state index >= 15 is 0 Å². The molecule has 4 aromatic carbocycles. The van der Waals surface area contributed by atoms with Crippen molar-refractivity contribution in [3.8, 4) is 16.9 Å². The molecular weight excluding hydrogens is 649 g/mol. The van der Waals surface area contributed by atoms with E-state index in [-0.39, 0.29) is 0 Å². The van der Waals surface area contributed by atoms with E-state index in [9.17, 15) is 13.2 Å². The van der Waals surface area contributed by atoms with Crippen LogP contribution in [0.4, 0.5) is 18.9 Å². The van der Waals surface area contributed by atoms with Crippen molar-refractivity contribution < 1.29 is 27.4 Å². The van der Waals surface area contributed by atoms with Gasteiger partial charge in [-0.05, 0) is 82.5 Å². The molecule has 0 amide bonds. The largest absolute Gasteiger partial charge is 0.473 e. The summed E-state index contributed by atoms with van der Waals surface area (Å²) < 4.78 is 60.7. The van der Waals surface area contributed by atoms with Crippen LogP contribution in [0, 0.1) is 0 Å². The molecule has 5 nitrogen and oxygen atoms in total. The van der Waals surface area contributed by atoms with E-state index in [2.05, 4.69) is 70.5 Å². The predicted molar refractivity (Wildman–Crippen MR) is 195 cm³/mol. The molecule has 4 aromatic rings. The Morgan fingerprint density at radius 3 is 2.10 bits per heavy atom. The zero-order valence-corrected chi connectivity index (χ0v) is 29.0. The Kier molecular flexibility index (Phi) is 7.64. The van der Waals surface area contributed by atoms with Crippen LogP contribution in [-0.2, 0) is 26.7 Å². The van der Waals surface area contributed by atoms with Crippen LogP contribution in [0.3, 0.4) is 0 Å². The second-order valence-corrected chi connectivity index (χ2v) is 14.7. The molecule has 51 heavy (non-hydrogen) atoms. The van der Waals surface area contributed by atoms with E-state index in [1.807, 2.05) is 26.0 Å². The quantitative estimate of drug-likeness (QED) is 0.213. The smallest absolute Gasteiger partial charge is 0.416 e. The molecule has 0 saturated carbocycles. The molecule has 0 bridgehead atoms. The van der Waals surface area contributed by atoms with Crippen LogP contribution in [0.1, 0.15) is 54.5 Å². The van der Waals surface area contributed by atoms with Gasteiger partial charge in [0.1, 0.15) is 5.75 Å². The van der Waals surface area contributed by atoms with Crippen LogP contribution in [-0.4, -0.2) is 57.5 Å². The monoisotopic (exact) mass is 690 g/mol. The summed E-state index contributed by atoms with van der Waals surface area (Å²) in [6.45, 7) is 10.5. The van der Waals surface area contributed by atoms with E-state index in [1.54, 1.807) is 6.07 Å². The number of hydrogen-bond acceptors (Lipinski definition) is 5. The van der Waals surface area contributed by atoms with Crippen molar-refractivity contribution >= 4 is 22.5 Å². The van der Waals surface area contributed by atoms with Gasteiger partial charge >= 0.3 is 6.18 Å². The van der Waals surface area contributed by atoms with Crippen molar-refractivity contribution in [1.29, 1.82) is 0 Å². The molecule has 0 N–H and O–H groups in total. The van der Waals surface area contributed by atoms with Crippen LogP contribution in [0.25, 0.3) is 28.0 Å². The normalized spacial score (nSPS) is 22.5. The van der Waals surface area contributed by atoms with Gasteiger partial charge in [-0.3, -0.25) is 0 Å². The molecule has 1 unspecified atom stereocenters. The van der Waals surface area contributed by atoms with Crippen LogP contribution in [0.5, 0.6) is 5.75 Å². The van der Waals surface area contributed by atoms with Crippen LogP contribution in [0.2, 0.25) is 0 Å². The van der Waals surface area contributed by atoms with Crippen molar-refractivity contribution in [2.24, 2.45) is 0 Å². The third-order valence-corrected chi connectivity index (χ3v) is 11.6. The summed E-state index contributed by atoms with van der Waals surface area (Å²) in [4.78, 5) is 4.78. The molecule has 8 heteroatoms. The molecule has 9 rings (SSSR count). The molecule has 0 radical (unpaired) electrons. The number of morpholine rings is 2. The zero-order valence-electron chi connectivity index (χ0n) is 29.0. The van der Waals surface area contributed by atoms with Crippen LogP contribution < -0.4 is 9.64 Å². The molecule has 1 atom stereocenters. The molecule has 3 heterocycles. The first-order chi connectivity index (χ1) is 24.6.